The third-order valence-electron chi connectivity index (χ3n) is 3.04. The maximum atomic E-state index is 6.03. The molecule has 0 amide bonds. The predicted molar refractivity (Wildman–Crippen MR) is 63.5 cm³/mol. The molecule has 1 aromatic carbocycles. The van der Waals surface area contributed by atoms with Crippen molar-refractivity contribution in [2.75, 3.05) is 12.5 Å². The van der Waals surface area contributed by atoms with E-state index in [1.165, 1.54) is 11.1 Å². The van der Waals surface area contributed by atoms with Crippen molar-refractivity contribution in [3.8, 4) is 0 Å². The maximum Gasteiger partial charge on any atom is 0.0858 e. The first kappa shape index (κ1) is 11.0. The molecule has 0 spiro atoms. The van der Waals surface area contributed by atoms with Gasteiger partial charge in [0.1, 0.15) is 0 Å². The number of halogens is 1. The van der Waals surface area contributed by atoms with Crippen LogP contribution in [-0.2, 0) is 11.2 Å². The van der Waals surface area contributed by atoms with Gasteiger partial charge in [0.25, 0.3) is 0 Å². The van der Waals surface area contributed by atoms with E-state index in [-0.39, 0.29) is 5.60 Å². The zero-order chi connectivity index (χ0) is 10.7. The molecular weight excluding hydrogens is 208 g/mol. The van der Waals surface area contributed by atoms with Crippen LogP contribution in [0.25, 0.3) is 0 Å². The van der Waals surface area contributed by atoms with E-state index in [1.54, 1.807) is 0 Å². The van der Waals surface area contributed by atoms with Gasteiger partial charge < -0.3 is 4.74 Å². The van der Waals surface area contributed by atoms with E-state index >= 15 is 0 Å². The molecule has 82 valence electrons. The van der Waals surface area contributed by atoms with E-state index in [9.17, 15) is 0 Å². The summed E-state index contributed by atoms with van der Waals surface area (Å²) < 4.78 is 5.80. The fraction of sp³-hybridized carbons (Fsp3) is 0.538. The smallest absolute Gasteiger partial charge is 0.0858 e. The average Bonchev–Trinajstić information content (AvgIpc) is 2.67. The summed E-state index contributed by atoms with van der Waals surface area (Å²) in [5.41, 5.74) is 2.53. The topological polar surface area (TPSA) is 9.23 Å². The summed E-state index contributed by atoms with van der Waals surface area (Å²) in [6.07, 6.45) is 3.17. The Morgan fingerprint density at radius 2 is 2.33 bits per heavy atom. The van der Waals surface area contributed by atoms with Crippen LogP contribution >= 0.6 is 11.6 Å². The molecule has 1 saturated heterocycles. The van der Waals surface area contributed by atoms with E-state index < -0.39 is 0 Å². The number of hydrogen-bond donors (Lipinski definition) is 0. The number of benzene rings is 1. The van der Waals surface area contributed by atoms with Crippen molar-refractivity contribution in [3.05, 3.63) is 35.4 Å². The van der Waals surface area contributed by atoms with E-state index in [0.29, 0.717) is 5.88 Å². The molecule has 0 bridgehead atoms. The van der Waals surface area contributed by atoms with E-state index in [1.807, 2.05) is 0 Å². The summed E-state index contributed by atoms with van der Waals surface area (Å²) in [4.78, 5) is 0. The Balaban J connectivity index is 2.12. The Bertz CT molecular complexity index is 329. The second kappa shape index (κ2) is 4.54. The normalized spacial score (nSPS) is 25.7. The number of alkyl halides is 1. The van der Waals surface area contributed by atoms with Crippen molar-refractivity contribution >= 4 is 11.6 Å². The molecule has 0 radical (unpaired) electrons. The summed E-state index contributed by atoms with van der Waals surface area (Å²) in [6.45, 7) is 2.98. The minimum atomic E-state index is -0.102. The van der Waals surface area contributed by atoms with Crippen LogP contribution in [-0.4, -0.2) is 18.1 Å². The largest absolute Gasteiger partial charge is 0.373 e. The fourth-order valence-electron chi connectivity index (χ4n) is 2.24. The van der Waals surface area contributed by atoms with Gasteiger partial charge in [-0.2, -0.15) is 0 Å². The van der Waals surface area contributed by atoms with Crippen molar-refractivity contribution in [1.29, 1.82) is 0 Å². The zero-order valence-electron chi connectivity index (χ0n) is 9.13. The van der Waals surface area contributed by atoms with Gasteiger partial charge in [0, 0.05) is 13.0 Å². The van der Waals surface area contributed by atoms with Gasteiger partial charge in [0.15, 0.2) is 0 Å². The number of hydrogen-bond acceptors (Lipinski definition) is 1. The molecule has 1 atom stereocenters. The van der Waals surface area contributed by atoms with Crippen molar-refractivity contribution in [2.45, 2.75) is 31.8 Å². The molecule has 15 heavy (non-hydrogen) atoms. The third kappa shape index (κ3) is 2.53. The van der Waals surface area contributed by atoms with Gasteiger partial charge in [-0.15, -0.1) is 11.6 Å². The average molecular weight is 225 g/mol. The first-order valence-corrected chi connectivity index (χ1v) is 6.03. The van der Waals surface area contributed by atoms with Gasteiger partial charge in [-0.3, -0.25) is 0 Å². The van der Waals surface area contributed by atoms with Crippen molar-refractivity contribution < 1.29 is 4.74 Å². The molecule has 1 heterocycles. The highest BCUT2D eigenvalue weighted by Crippen LogP contribution is 2.30. The molecule has 0 aromatic heterocycles. The van der Waals surface area contributed by atoms with E-state index in [2.05, 4.69) is 31.2 Å². The monoisotopic (exact) mass is 224 g/mol. The quantitative estimate of drug-likeness (QED) is 0.716. The molecule has 0 N–H and O–H groups in total. The molecule has 0 saturated carbocycles. The minimum absolute atomic E-state index is 0.102. The zero-order valence-corrected chi connectivity index (χ0v) is 9.89. The van der Waals surface area contributed by atoms with Crippen molar-refractivity contribution in [3.63, 3.8) is 0 Å². The first-order chi connectivity index (χ1) is 7.24. The van der Waals surface area contributed by atoms with Crippen LogP contribution < -0.4 is 0 Å². The number of ether oxygens (including phenoxy) is 1. The van der Waals surface area contributed by atoms with Gasteiger partial charge in [-0.1, -0.05) is 29.8 Å². The van der Waals surface area contributed by atoms with Crippen LogP contribution in [0.5, 0.6) is 0 Å². The molecule has 1 unspecified atom stereocenters. The highest BCUT2D eigenvalue weighted by Gasteiger charge is 2.34. The summed E-state index contributed by atoms with van der Waals surface area (Å²) in [5, 5.41) is 0. The lowest BCUT2D eigenvalue weighted by molar-refractivity contribution is 0.0238. The Labute approximate surface area is 96.4 Å². The molecule has 2 heteroatoms. The Morgan fingerprint density at radius 1 is 1.47 bits per heavy atom. The van der Waals surface area contributed by atoms with Crippen molar-refractivity contribution in [1.82, 2.24) is 0 Å². The number of rotatable bonds is 3. The molecule has 2 rings (SSSR count). The van der Waals surface area contributed by atoms with Gasteiger partial charge >= 0.3 is 0 Å². The maximum absolute atomic E-state index is 6.03. The second-order valence-electron chi connectivity index (χ2n) is 4.43. The van der Waals surface area contributed by atoms with Crippen molar-refractivity contribution in [2.24, 2.45) is 0 Å². The molecule has 1 aliphatic rings. The minimum Gasteiger partial charge on any atom is -0.373 e. The second-order valence-corrected chi connectivity index (χ2v) is 4.70. The summed E-state index contributed by atoms with van der Waals surface area (Å²) in [5.74, 6) is 0.598. The SMILES string of the molecule is Cc1cccc(CC2(CCl)CCCO2)c1. The highest BCUT2D eigenvalue weighted by molar-refractivity contribution is 6.18. The van der Waals surface area contributed by atoms with Gasteiger partial charge in [-0.25, -0.2) is 0 Å². The lowest BCUT2D eigenvalue weighted by atomic mass is 9.93. The lowest BCUT2D eigenvalue weighted by Gasteiger charge is -2.25. The van der Waals surface area contributed by atoms with Crippen LogP contribution in [0.1, 0.15) is 24.0 Å². The van der Waals surface area contributed by atoms with Crippen LogP contribution in [0.15, 0.2) is 24.3 Å². The third-order valence-corrected chi connectivity index (χ3v) is 3.52. The Hall–Kier alpha value is -0.530. The standard InChI is InChI=1S/C13H17ClO/c1-11-4-2-5-12(8-11)9-13(10-14)6-3-7-15-13/h2,4-5,8H,3,6-7,9-10H2,1H3. The molecule has 1 aromatic rings. The summed E-state index contributed by atoms with van der Waals surface area (Å²) in [6, 6.07) is 8.59. The molecule has 0 aliphatic carbocycles. The van der Waals surface area contributed by atoms with E-state index in [4.69, 9.17) is 16.3 Å². The summed E-state index contributed by atoms with van der Waals surface area (Å²) in [7, 11) is 0. The summed E-state index contributed by atoms with van der Waals surface area (Å²) >= 11 is 6.03. The Kier molecular flexibility index (Phi) is 3.32. The van der Waals surface area contributed by atoms with Gasteiger partial charge in [0.2, 0.25) is 0 Å². The highest BCUT2D eigenvalue weighted by atomic mass is 35.5. The fourth-order valence-corrected chi connectivity index (χ4v) is 2.55. The molecule has 1 aliphatic heterocycles. The van der Waals surface area contributed by atoms with Crippen LogP contribution in [0.2, 0.25) is 0 Å². The molecule has 1 fully saturated rings. The van der Waals surface area contributed by atoms with Crippen LogP contribution in [0.4, 0.5) is 0 Å². The molecule has 1 nitrogen and oxygen atoms in total. The van der Waals surface area contributed by atoms with Gasteiger partial charge in [-0.05, 0) is 25.3 Å². The van der Waals surface area contributed by atoms with Crippen LogP contribution in [0.3, 0.4) is 0 Å². The molecular formula is C13H17ClO. The predicted octanol–water partition coefficient (Wildman–Crippen LogP) is 3.33. The van der Waals surface area contributed by atoms with E-state index in [0.717, 1.165) is 25.9 Å². The van der Waals surface area contributed by atoms with Gasteiger partial charge in [0.05, 0.1) is 11.5 Å². The van der Waals surface area contributed by atoms with Crippen LogP contribution in [0, 0.1) is 6.92 Å². The lowest BCUT2D eigenvalue weighted by Crippen LogP contribution is -2.32. The number of aryl methyl sites for hydroxylation is 1. The Morgan fingerprint density at radius 3 is 2.93 bits per heavy atom. The first-order valence-electron chi connectivity index (χ1n) is 5.50.